The van der Waals surface area contributed by atoms with Crippen LogP contribution in [-0.2, 0) is 4.79 Å². The number of carbonyl (C=O) groups is 1. The molecule has 0 bridgehead atoms. The lowest BCUT2D eigenvalue weighted by atomic mass is 9.94. The van der Waals surface area contributed by atoms with Gasteiger partial charge >= 0.3 is 0 Å². The van der Waals surface area contributed by atoms with E-state index < -0.39 is 0 Å². The maximum absolute atomic E-state index is 11.1. The average Bonchev–Trinajstić information content (AvgIpc) is 2.46. The van der Waals surface area contributed by atoms with Crippen molar-refractivity contribution in [2.24, 2.45) is 5.92 Å². The zero-order chi connectivity index (χ0) is 8.55. The first-order valence-electron chi connectivity index (χ1n) is 4.76. The summed E-state index contributed by atoms with van der Waals surface area (Å²) >= 11 is 0. The minimum Gasteiger partial charge on any atom is -0.341 e. The molecule has 3 nitrogen and oxygen atoms in total. The Labute approximate surface area is 73.1 Å². The van der Waals surface area contributed by atoms with Crippen molar-refractivity contribution in [1.29, 1.82) is 0 Å². The summed E-state index contributed by atoms with van der Waals surface area (Å²) in [5.74, 6) is 0.953. The van der Waals surface area contributed by atoms with Crippen LogP contribution in [0.25, 0.3) is 0 Å². The Balaban J connectivity index is 1.98. The van der Waals surface area contributed by atoms with E-state index in [2.05, 4.69) is 5.32 Å². The van der Waals surface area contributed by atoms with E-state index in [4.69, 9.17) is 0 Å². The van der Waals surface area contributed by atoms with Gasteiger partial charge in [-0.3, -0.25) is 4.79 Å². The fourth-order valence-electron chi connectivity index (χ4n) is 2.30. The Morgan fingerprint density at radius 1 is 1.50 bits per heavy atom. The van der Waals surface area contributed by atoms with Crippen molar-refractivity contribution in [3.05, 3.63) is 0 Å². The second-order valence-corrected chi connectivity index (χ2v) is 3.89. The molecule has 2 heterocycles. The summed E-state index contributed by atoms with van der Waals surface area (Å²) in [7, 11) is 0. The molecule has 2 saturated heterocycles. The van der Waals surface area contributed by atoms with Crippen molar-refractivity contribution < 1.29 is 4.79 Å². The second-order valence-electron chi connectivity index (χ2n) is 3.89. The summed E-state index contributed by atoms with van der Waals surface area (Å²) < 4.78 is 0. The van der Waals surface area contributed by atoms with Gasteiger partial charge in [0.2, 0.25) is 5.91 Å². The number of carbonyl (C=O) groups excluding carboxylic acids is 1. The average molecular weight is 168 g/mol. The van der Waals surface area contributed by atoms with Gasteiger partial charge < -0.3 is 10.2 Å². The predicted molar refractivity (Wildman–Crippen MR) is 46.8 cm³/mol. The van der Waals surface area contributed by atoms with E-state index in [1.54, 1.807) is 6.92 Å². The van der Waals surface area contributed by atoms with Crippen molar-refractivity contribution in [1.82, 2.24) is 10.2 Å². The molecule has 0 aromatic rings. The fraction of sp³-hybridized carbons (Fsp3) is 0.889. The third-order valence-electron chi connectivity index (χ3n) is 3.04. The maximum Gasteiger partial charge on any atom is 0.219 e. The van der Waals surface area contributed by atoms with Gasteiger partial charge in [0, 0.05) is 26.1 Å². The van der Waals surface area contributed by atoms with Crippen molar-refractivity contribution >= 4 is 5.91 Å². The molecule has 0 saturated carbocycles. The van der Waals surface area contributed by atoms with E-state index in [0.29, 0.717) is 6.04 Å². The predicted octanol–water partition coefficient (Wildman–Crippen LogP) is 0.217. The van der Waals surface area contributed by atoms with Crippen LogP contribution >= 0.6 is 0 Å². The van der Waals surface area contributed by atoms with Crippen molar-refractivity contribution in [2.75, 3.05) is 19.6 Å². The third-order valence-corrected chi connectivity index (χ3v) is 3.04. The summed E-state index contributed by atoms with van der Waals surface area (Å²) in [5, 5.41) is 3.47. The van der Waals surface area contributed by atoms with Crippen molar-refractivity contribution in [3.8, 4) is 0 Å². The fourth-order valence-corrected chi connectivity index (χ4v) is 2.30. The van der Waals surface area contributed by atoms with Gasteiger partial charge in [-0.15, -0.1) is 0 Å². The van der Waals surface area contributed by atoms with Gasteiger partial charge in [-0.2, -0.15) is 0 Å². The van der Waals surface area contributed by atoms with E-state index >= 15 is 0 Å². The lowest BCUT2D eigenvalue weighted by molar-refractivity contribution is -0.127. The molecule has 2 unspecified atom stereocenters. The topological polar surface area (TPSA) is 32.3 Å². The van der Waals surface area contributed by atoms with Gasteiger partial charge in [0.25, 0.3) is 0 Å². The smallest absolute Gasteiger partial charge is 0.219 e. The lowest BCUT2D eigenvalue weighted by Crippen LogP contribution is -2.40. The number of nitrogens with zero attached hydrogens (tertiary/aromatic N) is 1. The van der Waals surface area contributed by atoms with E-state index in [1.807, 2.05) is 4.90 Å². The zero-order valence-electron chi connectivity index (χ0n) is 7.55. The highest BCUT2D eigenvalue weighted by atomic mass is 16.2. The van der Waals surface area contributed by atoms with Crippen LogP contribution in [0.2, 0.25) is 0 Å². The third kappa shape index (κ3) is 1.33. The number of piperidine rings is 1. The number of amides is 1. The lowest BCUT2D eigenvalue weighted by Gasteiger charge is -2.24. The van der Waals surface area contributed by atoms with Crippen LogP contribution < -0.4 is 5.32 Å². The Morgan fingerprint density at radius 3 is 3.00 bits per heavy atom. The SMILES string of the molecule is CC(=O)N1CC2CCCNC2C1. The molecular formula is C9H16N2O. The molecule has 2 rings (SSSR count). The molecule has 0 aromatic heterocycles. The van der Waals surface area contributed by atoms with E-state index in [9.17, 15) is 4.79 Å². The highest BCUT2D eigenvalue weighted by molar-refractivity contribution is 5.73. The van der Waals surface area contributed by atoms with Gasteiger partial charge in [-0.05, 0) is 25.3 Å². The molecule has 0 radical (unpaired) electrons. The molecule has 2 fully saturated rings. The quantitative estimate of drug-likeness (QED) is 0.561. The Bertz CT molecular complexity index is 179. The minimum atomic E-state index is 0.228. The second kappa shape index (κ2) is 3.05. The first-order valence-corrected chi connectivity index (χ1v) is 4.76. The largest absolute Gasteiger partial charge is 0.341 e. The molecule has 12 heavy (non-hydrogen) atoms. The Hall–Kier alpha value is -0.570. The number of nitrogens with one attached hydrogen (secondary N) is 1. The number of rotatable bonds is 0. The summed E-state index contributed by atoms with van der Waals surface area (Å²) in [6.45, 7) is 4.71. The number of likely N-dealkylation sites (tertiary alicyclic amines) is 1. The molecule has 68 valence electrons. The monoisotopic (exact) mass is 168 g/mol. The molecule has 2 aliphatic rings. The van der Waals surface area contributed by atoms with Crippen LogP contribution in [0, 0.1) is 5.92 Å². The first kappa shape index (κ1) is 8.05. The molecule has 2 atom stereocenters. The summed E-state index contributed by atoms with van der Waals surface area (Å²) in [4.78, 5) is 13.1. The molecule has 3 heteroatoms. The summed E-state index contributed by atoms with van der Waals surface area (Å²) in [6.07, 6.45) is 2.56. The van der Waals surface area contributed by atoms with Gasteiger partial charge in [0.05, 0.1) is 0 Å². The van der Waals surface area contributed by atoms with E-state index in [1.165, 1.54) is 12.8 Å². The minimum absolute atomic E-state index is 0.228. The summed E-state index contributed by atoms with van der Waals surface area (Å²) in [5.41, 5.74) is 0. The van der Waals surface area contributed by atoms with Gasteiger partial charge in [0.15, 0.2) is 0 Å². The molecule has 1 amide bonds. The van der Waals surface area contributed by atoms with Crippen LogP contribution in [0.15, 0.2) is 0 Å². The standard InChI is InChI=1S/C9H16N2O/c1-7(12)11-5-8-3-2-4-10-9(8)6-11/h8-10H,2-6H2,1H3. The maximum atomic E-state index is 11.1. The van der Waals surface area contributed by atoms with Gasteiger partial charge in [0.1, 0.15) is 0 Å². The summed E-state index contributed by atoms with van der Waals surface area (Å²) in [6, 6.07) is 0.586. The Morgan fingerprint density at radius 2 is 2.33 bits per heavy atom. The van der Waals surface area contributed by atoms with Gasteiger partial charge in [-0.1, -0.05) is 0 Å². The first-order chi connectivity index (χ1) is 5.77. The van der Waals surface area contributed by atoms with Crippen molar-refractivity contribution in [2.45, 2.75) is 25.8 Å². The highest BCUT2D eigenvalue weighted by Gasteiger charge is 2.34. The van der Waals surface area contributed by atoms with Crippen LogP contribution in [0.4, 0.5) is 0 Å². The van der Waals surface area contributed by atoms with E-state index in [0.717, 1.165) is 25.6 Å². The molecule has 1 N–H and O–H groups in total. The molecule has 0 spiro atoms. The van der Waals surface area contributed by atoms with Gasteiger partial charge in [-0.25, -0.2) is 0 Å². The van der Waals surface area contributed by atoms with E-state index in [-0.39, 0.29) is 5.91 Å². The molecule has 0 aromatic carbocycles. The normalized spacial score (nSPS) is 34.9. The van der Waals surface area contributed by atoms with Crippen LogP contribution in [0.1, 0.15) is 19.8 Å². The van der Waals surface area contributed by atoms with Crippen LogP contribution in [-0.4, -0.2) is 36.5 Å². The Kier molecular flexibility index (Phi) is 2.05. The molecule has 2 aliphatic heterocycles. The zero-order valence-corrected chi connectivity index (χ0v) is 7.55. The number of hydrogen-bond acceptors (Lipinski definition) is 2. The number of fused-ring (bicyclic) bond motifs is 1. The van der Waals surface area contributed by atoms with Crippen LogP contribution in [0.5, 0.6) is 0 Å². The highest BCUT2D eigenvalue weighted by Crippen LogP contribution is 2.24. The molecule has 0 aliphatic carbocycles. The van der Waals surface area contributed by atoms with Crippen molar-refractivity contribution in [3.63, 3.8) is 0 Å². The van der Waals surface area contributed by atoms with Crippen LogP contribution in [0.3, 0.4) is 0 Å². The number of hydrogen-bond donors (Lipinski definition) is 1. The molecular weight excluding hydrogens is 152 g/mol.